The number of aromatic amines is 1. The first kappa shape index (κ1) is 7.88. The summed E-state index contributed by atoms with van der Waals surface area (Å²) in [5, 5.41) is 1.14. The van der Waals surface area contributed by atoms with Crippen molar-refractivity contribution in [2.24, 2.45) is 0 Å². The SMILES string of the molecule is c1cc(OC2COC2)c2cc[nH]c2c1. The summed E-state index contributed by atoms with van der Waals surface area (Å²) in [4.78, 5) is 3.16. The third-order valence-electron chi connectivity index (χ3n) is 2.46. The van der Waals surface area contributed by atoms with Crippen LogP contribution >= 0.6 is 0 Å². The van der Waals surface area contributed by atoms with Gasteiger partial charge >= 0.3 is 0 Å². The molecule has 14 heavy (non-hydrogen) atoms. The molecule has 1 N–H and O–H groups in total. The second-order valence-electron chi connectivity index (χ2n) is 3.47. The van der Waals surface area contributed by atoms with Gasteiger partial charge in [-0.25, -0.2) is 0 Å². The van der Waals surface area contributed by atoms with Gasteiger partial charge in [0, 0.05) is 17.1 Å². The molecule has 1 aliphatic rings. The Morgan fingerprint density at radius 1 is 1.29 bits per heavy atom. The molecule has 0 aliphatic carbocycles. The summed E-state index contributed by atoms with van der Waals surface area (Å²) < 4.78 is 10.8. The average molecular weight is 189 g/mol. The van der Waals surface area contributed by atoms with Gasteiger partial charge in [0.25, 0.3) is 0 Å². The van der Waals surface area contributed by atoms with Gasteiger partial charge in [-0.05, 0) is 18.2 Å². The van der Waals surface area contributed by atoms with Crippen LogP contribution in [0.3, 0.4) is 0 Å². The van der Waals surface area contributed by atoms with Gasteiger partial charge in [-0.15, -0.1) is 0 Å². The van der Waals surface area contributed by atoms with Crippen molar-refractivity contribution in [1.82, 2.24) is 4.98 Å². The van der Waals surface area contributed by atoms with Gasteiger partial charge in [-0.3, -0.25) is 0 Å². The summed E-state index contributed by atoms with van der Waals surface area (Å²) in [5.41, 5.74) is 1.11. The fraction of sp³-hybridized carbons (Fsp3) is 0.273. The number of aromatic nitrogens is 1. The lowest BCUT2D eigenvalue weighted by Gasteiger charge is -2.26. The van der Waals surface area contributed by atoms with E-state index in [1.54, 1.807) is 0 Å². The predicted molar refractivity (Wildman–Crippen MR) is 53.5 cm³/mol. The summed E-state index contributed by atoms with van der Waals surface area (Å²) >= 11 is 0. The van der Waals surface area contributed by atoms with Gasteiger partial charge in [0.15, 0.2) is 0 Å². The van der Waals surface area contributed by atoms with Crippen LogP contribution in [0.5, 0.6) is 5.75 Å². The zero-order valence-electron chi connectivity index (χ0n) is 7.69. The van der Waals surface area contributed by atoms with Crippen molar-refractivity contribution in [3.63, 3.8) is 0 Å². The number of hydrogen-bond donors (Lipinski definition) is 1. The van der Waals surface area contributed by atoms with Gasteiger partial charge in [0.05, 0.1) is 13.2 Å². The average Bonchev–Trinajstić information content (AvgIpc) is 2.59. The highest BCUT2D eigenvalue weighted by Crippen LogP contribution is 2.26. The van der Waals surface area contributed by atoms with Crippen LogP contribution in [0.25, 0.3) is 10.9 Å². The minimum Gasteiger partial charge on any atom is -0.485 e. The molecule has 0 saturated carbocycles. The molecule has 1 fully saturated rings. The molecule has 3 heteroatoms. The summed E-state index contributed by atoms with van der Waals surface area (Å²) in [6, 6.07) is 8.06. The van der Waals surface area contributed by atoms with Crippen LogP contribution in [0.4, 0.5) is 0 Å². The minimum atomic E-state index is 0.232. The number of ether oxygens (including phenoxy) is 2. The summed E-state index contributed by atoms with van der Waals surface area (Å²) in [7, 11) is 0. The van der Waals surface area contributed by atoms with Gasteiger partial charge < -0.3 is 14.5 Å². The largest absolute Gasteiger partial charge is 0.485 e. The van der Waals surface area contributed by atoms with Crippen LogP contribution in [0.15, 0.2) is 30.5 Å². The normalized spacial score (nSPS) is 16.9. The summed E-state index contributed by atoms with van der Waals surface area (Å²) in [5.74, 6) is 0.942. The molecule has 1 aromatic heterocycles. The number of hydrogen-bond acceptors (Lipinski definition) is 2. The topological polar surface area (TPSA) is 34.2 Å². The van der Waals surface area contributed by atoms with Crippen LogP contribution in [-0.4, -0.2) is 24.3 Å². The van der Waals surface area contributed by atoms with Crippen molar-refractivity contribution in [3.05, 3.63) is 30.5 Å². The Hall–Kier alpha value is -1.48. The lowest BCUT2D eigenvalue weighted by molar-refractivity contribution is -0.0790. The second kappa shape index (κ2) is 3.03. The third-order valence-corrected chi connectivity index (χ3v) is 2.46. The Bertz CT molecular complexity index is 445. The van der Waals surface area contributed by atoms with Crippen LogP contribution in [0.2, 0.25) is 0 Å². The lowest BCUT2D eigenvalue weighted by Crippen LogP contribution is -2.38. The van der Waals surface area contributed by atoms with Gasteiger partial charge in [0.2, 0.25) is 0 Å². The molecule has 3 nitrogen and oxygen atoms in total. The van der Waals surface area contributed by atoms with Crippen LogP contribution in [0, 0.1) is 0 Å². The summed E-state index contributed by atoms with van der Waals surface area (Å²) in [6.07, 6.45) is 2.16. The lowest BCUT2D eigenvalue weighted by atomic mass is 10.2. The van der Waals surface area contributed by atoms with Crippen molar-refractivity contribution in [2.75, 3.05) is 13.2 Å². The van der Waals surface area contributed by atoms with E-state index in [1.165, 1.54) is 0 Å². The fourth-order valence-electron chi connectivity index (χ4n) is 1.62. The zero-order valence-corrected chi connectivity index (χ0v) is 7.69. The number of H-pyrrole nitrogens is 1. The van der Waals surface area contributed by atoms with Gasteiger partial charge in [0.1, 0.15) is 11.9 Å². The molecule has 0 radical (unpaired) electrons. The van der Waals surface area contributed by atoms with E-state index >= 15 is 0 Å². The maximum absolute atomic E-state index is 5.78. The number of benzene rings is 1. The molecule has 3 rings (SSSR count). The molecule has 0 bridgehead atoms. The quantitative estimate of drug-likeness (QED) is 0.783. The van der Waals surface area contributed by atoms with Crippen LogP contribution < -0.4 is 4.74 Å². The van der Waals surface area contributed by atoms with Crippen molar-refractivity contribution < 1.29 is 9.47 Å². The molecule has 1 saturated heterocycles. The molecular formula is C11H11NO2. The molecule has 2 aromatic rings. The number of fused-ring (bicyclic) bond motifs is 1. The Labute approximate surface area is 81.6 Å². The summed E-state index contributed by atoms with van der Waals surface area (Å²) in [6.45, 7) is 1.42. The molecule has 0 amide bonds. The third kappa shape index (κ3) is 1.17. The maximum Gasteiger partial charge on any atom is 0.145 e. The second-order valence-corrected chi connectivity index (χ2v) is 3.47. The van der Waals surface area contributed by atoms with E-state index in [0.717, 1.165) is 16.7 Å². The van der Waals surface area contributed by atoms with Crippen molar-refractivity contribution in [3.8, 4) is 5.75 Å². The van der Waals surface area contributed by atoms with E-state index in [-0.39, 0.29) is 6.10 Å². The Kier molecular flexibility index (Phi) is 1.70. The van der Waals surface area contributed by atoms with E-state index in [9.17, 15) is 0 Å². The Balaban J connectivity index is 1.97. The molecule has 0 atom stereocenters. The molecule has 72 valence electrons. The molecule has 2 heterocycles. The van der Waals surface area contributed by atoms with E-state index in [2.05, 4.69) is 4.98 Å². The Morgan fingerprint density at radius 2 is 2.21 bits per heavy atom. The zero-order chi connectivity index (χ0) is 9.38. The first-order valence-corrected chi connectivity index (χ1v) is 4.74. The molecule has 0 spiro atoms. The van der Waals surface area contributed by atoms with E-state index < -0.39 is 0 Å². The fourth-order valence-corrected chi connectivity index (χ4v) is 1.62. The van der Waals surface area contributed by atoms with Crippen molar-refractivity contribution >= 4 is 10.9 Å². The standard InChI is InChI=1S/C11H11NO2/c1-2-10-9(4-5-12-10)11(3-1)14-8-6-13-7-8/h1-5,8,12H,6-7H2. The molecule has 1 aromatic carbocycles. The maximum atomic E-state index is 5.78. The van der Waals surface area contributed by atoms with Gasteiger partial charge in [-0.1, -0.05) is 6.07 Å². The van der Waals surface area contributed by atoms with Crippen molar-refractivity contribution in [1.29, 1.82) is 0 Å². The molecule has 1 aliphatic heterocycles. The minimum absolute atomic E-state index is 0.232. The van der Waals surface area contributed by atoms with Gasteiger partial charge in [-0.2, -0.15) is 0 Å². The van der Waals surface area contributed by atoms with E-state index in [0.29, 0.717) is 13.2 Å². The van der Waals surface area contributed by atoms with Crippen LogP contribution in [0.1, 0.15) is 0 Å². The van der Waals surface area contributed by atoms with E-state index in [1.807, 2.05) is 30.5 Å². The highest BCUT2D eigenvalue weighted by molar-refractivity contribution is 5.85. The highest BCUT2D eigenvalue weighted by atomic mass is 16.6. The predicted octanol–water partition coefficient (Wildman–Crippen LogP) is 1.95. The first-order valence-electron chi connectivity index (χ1n) is 4.74. The van der Waals surface area contributed by atoms with Crippen molar-refractivity contribution in [2.45, 2.75) is 6.10 Å². The smallest absolute Gasteiger partial charge is 0.145 e. The molecular weight excluding hydrogens is 178 g/mol. The van der Waals surface area contributed by atoms with Crippen LogP contribution in [-0.2, 0) is 4.74 Å². The number of rotatable bonds is 2. The molecule has 0 unspecified atom stereocenters. The Morgan fingerprint density at radius 3 is 3.00 bits per heavy atom. The first-order chi connectivity index (χ1) is 6.93. The number of nitrogens with one attached hydrogen (secondary N) is 1. The monoisotopic (exact) mass is 189 g/mol. The van der Waals surface area contributed by atoms with E-state index in [4.69, 9.17) is 9.47 Å². The highest BCUT2D eigenvalue weighted by Gasteiger charge is 2.20.